The molecule has 0 radical (unpaired) electrons. The zero-order chi connectivity index (χ0) is 15.9. The summed E-state index contributed by atoms with van der Waals surface area (Å²) in [6, 6.07) is 14.8. The van der Waals surface area contributed by atoms with Gasteiger partial charge < -0.3 is 5.32 Å². The summed E-state index contributed by atoms with van der Waals surface area (Å²) in [5, 5.41) is 6.31. The van der Waals surface area contributed by atoms with E-state index in [2.05, 4.69) is 38.4 Å². The molecule has 0 aliphatic carbocycles. The van der Waals surface area contributed by atoms with Gasteiger partial charge in [0.05, 0.1) is 6.21 Å². The number of halogens is 1. The molecule has 0 fully saturated rings. The molecule has 0 aromatic heterocycles. The van der Waals surface area contributed by atoms with E-state index in [1.165, 1.54) is 6.21 Å². The van der Waals surface area contributed by atoms with Crippen molar-refractivity contribution in [2.45, 2.75) is 6.92 Å². The third-order valence-corrected chi connectivity index (χ3v) is 3.57. The Hall–Kier alpha value is -2.22. The first kappa shape index (κ1) is 16.2. The number of nitrogens with zero attached hydrogens (tertiary/aromatic N) is 1. The Labute approximate surface area is 141 Å². The smallest absolute Gasteiger partial charge is 0.317 e. The number of benzene rings is 2. The number of anilines is 1. The van der Waals surface area contributed by atoms with Crippen LogP contribution in [0.1, 0.15) is 11.1 Å². The third kappa shape index (κ3) is 4.66. The van der Waals surface area contributed by atoms with E-state index in [4.69, 9.17) is 0 Å². The number of amides is 2. The van der Waals surface area contributed by atoms with E-state index in [1.54, 1.807) is 12.1 Å². The predicted molar refractivity (Wildman–Crippen MR) is 94.7 cm³/mol. The number of nitrogens with one attached hydrogen (secondary N) is 2. The van der Waals surface area contributed by atoms with Crippen LogP contribution < -0.4 is 10.7 Å². The van der Waals surface area contributed by atoms with Crippen LogP contribution in [0, 0.1) is 10.5 Å². The summed E-state index contributed by atoms with van der Waals surface area (Å²) in [7, 11) is 0. The molecule has 6 heteroatoms. The molecular formula is C16H14IN3O2. The predicted octanol–water partition coefficient (Wildman–Crippen LogP) is 2.69. The van der Waals surface area contributed by atoms with Crippen molar-refractivity contribution in [2.75, 3.05) is 5.32 Å². The van der Waals surface area contributed by atoms with Crippen molar-refractivity contribution in [1.82, 2.24) is 5.43 Å². The fourth-order valence-corrected chi connectivity index (χ4v) is 2.02. The van der Waals surface area contributed by atoms with Gasteiger partial charge in [0.2, 0.25) is 0 Å². The lowest BCUT2D eigenvalue weighted by molar-refractivity contribution is -0.136. The van der Waals surface area contributed by atoms with Gasteiger partial charge in [0.1, 0.15) is 0 Å². The number of aryl methyl sites for hydroxylation is 1. The summed E-state index contributed by atoms with van der Waals surface area (Å²) in [5.41, 5.74) is 4.52. The van der Waals surface area contributed by atoms with Gasteiger partial charge >= 0.3 is 11.8 Å². The maximum absolute atomic E-state index is 11.8. The molecule has 0 aliphatic rings. The molecule has 0 aliphatic heterocycles. The highest BCUT2D eigenvalue weighted by atomic mass is 127. The molecule has 5 nitrogen and oxygen atoms in total. The Morgan fingerprint density at radius 3 is 2.41 bits per heavy atom. The molecule has 0 unspecified atom stereocenters. The molecule has 0 bridgehead atoms. The van der Waals surface area contributed by atoms with Crippen molar-refractivity contribution in [3.8, 4) is 0 Å². The summed E-state index contributed by atoms with van der Waals surface area (Å²) >= 11 is 2.20. The minimum atomic E-state index is -0.815. The first-order valence-electron chi connectivity index (χ1n) is 6.52. The summed E-state index contributed by atoms with van der Waals surface area (Å²) in [4.78, 5) is 23.4. The van der Waals surface area contributed by atoms with Crippen molar-refractivity contribution >= 4 is 46.3 Å². The maximum atomic E-state index is 11.8. The quantitative estimate of drug-likeness (QED) is 0.356. The summed E-state index contributed by atoms with van der Waals surface area (Å²) in [5.74, 6) is -1.57. The van der Waals surface area contributed by atoms with Gasteiger partial charge in [-0.25, -0.2) is 5.43 Å². The van der Waals surface area contributed by atoms with E-state index >= 15 is 0 Å². The minimum absolute atomic E-state index is 0.601. The van der Waals surface area contributed by atoms with E-state index in [1.807, 2.05) is 43.3 Å². The Kier molecular flexibility index (Phi) is 5.65. The Balaban J connectivity index is 1.90. The largest absolute Gasteiger partial charge is 0.329 e. The van der Waals surface area contributed by atoms with E-state index in [0.717, 1.165) is 14.7 Å². The van der Waals surface area contributed by atoms with E-state index in [9.17, 15) is 9.59 Å². The van der Waals surface area contributed by atoms with Gasteiger partial charge in [-0.05, 0) is 58.8 Å². The second kappa shape index (κ2) is 7.69. The number of hydrogen-bond acceptors (Lipinski definition) is 3. The zero-order valence-electron chi connectivity index (χ0n) is 11.8. The lowest BCUT2D eigenvalue weighted by Gasteiger charge is -2.06. The number of hydrogen-bond donors (Lipinski definition) is 2. The van der Waals surface area contributed by atoms with Gasteiger partial charge in [-0.15, -0.1) is 0 Å². The monoisotopic (exact) mass is 407 g/mol. The number of carbonyl (C=O) groups is 2. The van der Waals surface area contributed by atoms with E-state index in [-0.39, 0.29) is 0 Å². The molecule has 2 rings (SSSR count). The van der Waals surface area contributed by atoms with Crippen LogP contribution in [0.15, 0.2) is 53.6 Å². The van der Waals surface area contributed by atoms with Crippen molar-refractivity contribution in [3.63, 3.8) is 0 Å². The van der Waals surface area contributed by atoms with Gasteiger partial charge in [-0.3, -0.25) is 9.59 Å². The van der Waals surface area contributed by atoms with Crippen LogP contribution in [0.4, 0.5) is 5.69 Å². The number of rotatable bonds is 3. The molecular weight excluding hydrogens is 393 g/mol. The molecule has 0 spiro atoms. The summed E-state index contributed by atoms with van der Waals surface area (Å²) < 4.78 is 1.11. The lowest BCUT2D eigenvalue weighted by Crippen LogP contribution is -2.32. The van der Waals surface area contributed by atoms with Crippen molar-refractivity contribution < 1.29 is 9.59 Å². The minimum Gasteiger partial charge on any atom is -0.317 e. The molecule has 2 aromatic carbocycles. The van der Waals surface area contributed by atoms with Crippen LogP contribution in [0.3, 0.4) is 0 Å². The summed E-state index contributed by atoms with van der Waals surface area (Å²) in [6.07, 6.45) is 1.48. The molecule has 2 N–H and O–H groups in total. The van der Waals surface area contributed by atoms with Gasteiger partial charge in [0.25, 0.3) is 0 Å². The highest BCUT2D eigenvalue weighted by Gasteiger charge is 2.13. The Bertz CT molecular complexity index is 712. The van der Waals surface area contributed by atoms with Crippen molar-refractivity contribution in [2.24, 2.45) is 5.10 Å². The second-order valence-electron chi connectivity index (χ2n) is 4.52. The second-order valence-corrected chi connectivity index (χ2v) is 5.77. The molecule has 0 saturated carbocycles. The zero-order valence-corrected chi connectivity index (χ0v) is 14.0. The normalized spacial score (nSPS) is 10.5. The van der Waals surface area contributed by atoms with Crippen LogP contribution in [-0.4, -0.2) is 18.0 Å². The van der Waals surface area contributed by atoms with Crippen LogP contribution in [-0.2, 0) is 9.59 Å². The lowest BCUT2D eigenvalue weighted by atomic mass is 10.2. The molecule has 0 saturated heterocycles. The fourth-order valence-electron chi connectivity index (χ4n) is 1.66. The average Bonchev–Trinajstić information content (AvgIpc) is 2.51. The molecule has 22 heavy (non-hydrogen) atoms. The van der Waals surface area contributed by atoms with Crippen LogP contribution in [0.5, 0.6) is 0 Å². The third-order valence-electron chi connectivity index (χ3n) is 2.85. The highest BCUT2D eigenvalue weighted by Crippen LogP contribution is 2.12. The van der Waals surface area contributed by atoms with Gasteiger partial charge in [0, 0.05) is 9.26 Å². The first-order chi connectivity index (χ1) is 10.6. The van der Waals surface area contributed by atoms with Crippen LogP contribution in [0.2, 0.25) is 0 Å². The SMILES string of the molecule is Cc1ccccc1NC(=O)C(=O)N/N=C\c1ccc(I)cc1. The van der Waals surface area contributed by atoms with Gasteiger partial charge in [-0.1, -0.05) is 30.3 Å². The van der Waals surface area contributed by atoms with Gasteiger partial charge in [-0.2, -0.15) is 5.10 Å². The molecule has 0 heterocycles. The van der Waals surface area contributed by atoms with Crippen LogP contribution in [0.25, 0.3) is 0 Å². The molecule has 0 atom stereocenters. The Morgan fingerprint density at radius 1 is 1.05 bits per heavy atom. The van der Waals surface area contributed by atoms with Crippen molar-refractivity contribution in [3.05, 3.63) is 63.2 Å². The molecule has 112 valence electrons. The van der Waals surface area contributed by atoms with E-state index in [0.29, 0.717) is 5.69 Å². The van der Waals surface area contributed by atoms with Crippen molar-refractivity contribution in [1.29, 1.82) is 0 Å². The van der Waals surface area contributed by atoms with Gasteiger partial charge in [0.15, 0.2) is 0 Å². The average molecular weight is 407 g/mol. The van der Waals surface area contributed by atoms with Crippen LogP contribution >= 0.6 is 22.6 Å². The topological polar surface area (TPSA) is 70.6 Å². The first-order valence-corrected chi connectivity index (χ1v) is 7.60. The maximum Gasteiger partial charge on any atom is 0.329 e. The molecule has 2 amide bonds. The Morgan fingerprint density at radius 2 is 1.73 bits per heavy atom. The summed E-state index contributed by atoms with van der Waals surface area (Å²) in [6.45, 7) is 1.85. The highest BCUT2D eigenvalue weighted by molar-refractivity contribution is 14.1. The van der Waals surface area contributed by atoms with E-state index < -0.39 is 11.8 Å². The number of hydrazone groups is 1. The number of carbonyl (C=O) groups excluding carboxylic acids is 2. The standard InChI is InChI=1S/C16H14IN3O2/c1-11-4-2-3-5-14(11)19-15(21)16(22)20-18-10-12-6-8-13(17)9-7-12/h2-10H,1H3,(H,19,21)(H,20,22)/b18-10-. The fraction of sp³-hybridized carbons (Fsp3) is 0.0625. The molecule has 2 aromatic rings. The number of para-hydroxylation sites is 1.